The van der Waals surface area contributed by atoms with E-state index in [9.17, 15) is 4.79 Å². The Kier molecular flexibility index (Phi) is 2.73. The Balaban J connectivity index is 1.73. The fourth-order valence-electron chi connectivity index (χ4n) is 1.30. The third-order valence-corrected chi connectivity index (χ3v) is 2.79. The molecule has 3 nitrogen and oxygen atoms in total. The smallest absolute Gasteiger partial charge is 0.249 e. The number of hydroxylamine groups is 1. The molecule has 0 radical (unpaired) electrons. The van der Waals surface area contributed by atoms with Crippen molar-refractivity contribution in [2.24, 2.45) is 5.41 Å². The molecule has 3 heteroatoms. The standard InChI is InChI=1S/C12H15NO2/c1-12(7-8-12)11(14)13-15-9-10-5-3-2-4-6-10/h2-6H,7-9H2,1H3,(H,13,14). The number of hydrogen-bond donors (Lipinski definition) is 1. The summed E-state index contributed by atoms with van der Waals surface area (Å²) in [6, 6.07) is 9.77. The molecule has 15 heavy (non-hydrogen) atoms. The molecule has 1 saturated carbocycles. The van der Waals surface area contributed by atoms with Crippen LogP contribution in [-0.2, 0) is 16.2 Å². The minimum atomic E-state index is -0.170. The maximum Gasteiger partial charge on any atom is 0.249 e. The first-order valence-corrected chi connectivity index (χ1v) is 5.17. The average Bonchev–Trinajstić information content (AvgIpc) is 2.99. The zero-order valence-corrected chi connectivity index (χ0v) is 8.82. The first-order valence-electron chi connectivity index (χ1n) is 5.17. The molecule has 1 aromatic rings. The summed E-state index contributed by atoms with van der Waals surface area (Å²) in [6.07, 6.45) is 1.93. The van der Waals surface area contributed by atoms with Crippen molar-refractivity contribution in [3.05, 3.63) is 35.9 Å². The van der Waals surface area contributed by atoms with Crippen molar-refractivity contribution in [2.75, 3.05) is 0 Å². The van der Waals surface area contributed by atoms with E-state index in [0.29, 0.717) is 6.61 Å². The van der Waals surface area contributed by atoms with Crippen LogP contribution >= 0.6 is 0 Å². The summed E-state index contributed by atoms with van der Waals surface area (Å²) >= 11 is 0. The van der Waals surface area contributed by atoms with Crippen molar-refractivity contribution >= 4 is 5.91 Å². The van der Waals surface area contributed by atoms with E-state index in [1.165, 1.54) is 0 Å². The monoisotopic (exact) mass is 205 g/mol. The van der Waals surface area contributed by atoms with Crippen molar-refractivity contribution in [1.82, 2.24) is 5.48 Å². The molecule has 80 valence electrons. The molecule has 0 heterocycles. The molecule has 1 amide bonds. The van der Waals surface area contributed by atoms with Crippen LogP contribution in [0.25, 0.3) is 0 Å². The van der Waals surface area contributed by atoms with Gasteiger partial charge in [0.15, 0.2) is 0 Å². The van der Waals surface area contributed by atoms with Crippen LogP contribution in [0.15, 0.2) is 30.3 Å². The Morgan fingerprint density at radius 3 is 2.67 bits per heavy atom. The number of hydrogen-bond acceptors (Lipinski definition) is 2. The summed E-state index contributed by atoms with van der Waals surface area (Å²) in [6.45, 7) is 2.37. The van der Waals surface area contributed by atoms with Crippen LogP contribution in [0.1, 0.15) is 25.3 Å². The second-order valence-electron chi connectivity index (χ2n) is 4.27. The topological polar surface area (TPSA) is 38.3 Å². The van der Waals surface area contributed by atoms with Crippen LogP contribution in [0.4, 0.5) is 0 Å². The second kappa shape index (κ2) is 4.03. The largest absolute Gasteiger partial charge is 0.272 e. The van der Waals surface area contributed by atoms with E-state index < -0.39 is 0 Å². The highest BCUT2D eigenvalue weighted by molar-refractivity contribution is 5.83. The summed E-state index contributed by atoms with van der Waals surface area (Å²) in [5.41, 5.74) is 3.38. The van der Waals surface area contributed by atoms with Crippen LogP contribution in [0.2, 0.25) is 0 Å². The minimum Gasteiger partial charge on any atom is -0.272 e. The quantitative estimate of drug-likeness (QED) is 0.764. The molecule has 0 bridgehead atoms. The Morgan fingerprint density at radius 2 is 2.07 bits per heavy atom. The molecule has 0 spiro atoms. The summed E-state index contributed by atoms with van der Waals surface area (Å²) in [7, 11) is 0. The van der Waals surface area contributed by atoms with E-state index in [2.05, 4.69) is 5.48 Å². The van der Waals surface area contributed by atoms with Gasteiger partial charge in [-0.05, 0) is 18.4 Å². The molecular weight excluding hydrogens is 190 g/mol. The van der Waals surface area contributed by atoms with Crippen LogP contribution in [0, 0.1) is 5.41 Å². The SMILES string of the molecule is CC1(C(=O)NOCc2ccccc2)CC1. The number of nitrogens with one attached hydrogen (secondary N) is 1. The number of carbonyl (C=O) groups excluding carboxylic acids is 1. The Bertz CT molecular complexity index is 344. The molecule has 1 aliphatic rings. The van der Waals surface area contributed by atoms with Gasteiger partial charge in [-0.3, -0.25) is 9.63 Å². The van der Waals surface area contributed by atoms with Gasteiger partial charge in [-0.1, -0.05) is 37.3 Å². The first kappa shape index (κ1) is 10.2. The van der Waals surface area contributed by atoms with Gasteiger partial charge in [0.25, 0.3) is 0 Å². The molecule has 0 aromatic heterocycles. The molecule has 0 saturated heterocycles. The van der Waals surface area contributed by atoms with Gasteiger partial charge in [-0.15, -0.1) is 0 Å². The van der Waals surface area contributed by atoms with Gasteiger partial charge in [0, 0.05) is 5.41 Å². The van der Waals surface area contributed by atoms with Gasteiger partial charge in [0.1, 0.15) is 0 Å². The molecule has 0 aliphatic heterocycles. The molecule has 0 unspecified atom stereocenters. The Hall–Kier alpha value is -1.35. The lowest BCUT2D eigenvalue weighted by molar-refractivity contribution is -0.139. The van der Waals surface area contributed by atoms with Crippen LogP contribution in [0.5, 0.6) is 0 Å². The van der Waals surface area contributed by atoms with E-state index >= 15 is 0 Å². The van der Waals surface area contributed by atoms with Crippen LogP contribution in [0.3, 0.4) is 0 Å². The zero-order valence-electron chi connectivity index (χ0n) is 8.82. The third-order valence-electron chi connectivity index (χ3n) is 2.79. The van der Waals surface area contributed by atoms with Crippen LogP contribution in [-0.4, -0.2) is 5.91 Å². The predicted molar refractivity (Wildman–Crippen MR) is 56.7 cm³/mol. The fourth-order valence-corrected chi connectivity index (χ4v) is 1.30. The first-order chi connectivity index (χ1) is 7.21. The predicted octanol–water partition coefficient (Wildman–Crippen LogP) is 2.03. The maximum atomic E-state index is 11.5. The number of carbonyl (C=O) groups is 1. The summed E-state index contributed by atoms with van der Waals surface area (Å²) in [5.74, 6) is -0.00145. The molecule has 2 rings (SSSR count). The normalized spacial score (nSPS) is 17.1. The highest BCUT2D eigenvalue weighted by atomic mass is 16.6. The van der Waals surface area contributed by atoms with Crippen molar-refractivity contribution in [3.8, 4) is 0 Å². The number of rotatable bonds is 4. The Morgan fingerprint density at radius 1 is 1.40 bits per heavy atom. The van der Waals surface area contributed by atoms with Gasteiger partial charge >= 0.3 is 0 Å². The molecule has 1 N–H and O–H groups in total. The van der Waals surface area contributed by atoms with Crippen LogP contribution < -0.4 is 5.48 Å². The Labute approximate surface area is 89.4 Å². The summed E-state index contributed by atoms with van der Waals surface area (Å²) in [5, 5.41) is 0. The lowest BCUT2D eigenvalue weighted by Crippen LogP contribution is -2.30. The maximum absolute atomic E-state index is 11.5. The van der Waals surface area contributed by atoms with Gasteiger partial charge < -0.3 is 0 Å². The number of benzene rings is 1. The lowest BCUT2D eigenvalue weighted by Gasteiger charge is -2.09. The van der Waals surface area contributed by atoms with Crippen molar-refractivity contribution < 1.29 is 9.63 Å². The van der Waals surface area contributed by atoms with E-state index in [1.807, 2.05) is 37.3 Å². The summed E-state index contributed by atoms with van der Waals surface area (Å²) in [4.78, 5) is 16.6. The highest BCUT2D eigenvalue weighted by Crippen LogP contribution is 2.44. The number of amides is 1. The molecule has 1 fully saturated rings. The van der Waals surface area contributed by atoms with E-state index in [1.54, 1.807) is 0 Å². The van der Waals surface area contributed by atoms with Crippen molar-refractivity contribution in [3.63, 3.8) is 0 Å². The van der Waals surface area contributed by atoms with E-state index in [-0.39, 0.29) is 11.3 Å². The summed E-state index contributed by atoms with van der Waals surface area (Å²) < 4.78 is 0. The van der Waals surface area contributed by atoms with E-state index in [0.717, 1.165) is 18.4 Å². The fraction of sp³-hybridized carbons (Fsp3) is 0.417. The highest BCUT2D eigenvalue weighted by Gasteiger charge is 2.45. The average molecular weight is 205 g/mol. The molecule has 1 aliphatic carbocycles. The third kappa shape index (κ3) is 2.57. The van der Waals surface area contributed by atoms with Crippen molar-refractivity contribution in [2.45, 2.75) is 26.4 Å². The van der Waals surface area contributed by atoms with Gasteiger partial charge in [-0.2, -0.15) is 0 Å². The van der Waals surface area contributed by atoms with Gasteiger partial charge in [0.05, 0.1) is 6.61 Å². The molecule has 1 aromatic carbocycles. The van der Waals surface area contributed by atoms with Gasteiger partial charge in [0.2, 0.25) is 5.91 Å². The zero-order chi connectivity index (χ0) is 10.7. The molecular formula is C12H15NO2. The minimum absolute atomic E-state index is 0.00145. The second-order valence-corrected chi connectivity index (χ2v) is 4.27. The molecule has 0 atom stereocenters. The van der Waals surface area contributed by atoms with Crippen molar-refractivity contribution in [1.29, 1.82) is 0 Å². The van der Waals surface area contributed by atoms with E-state index in [4.69, 9.17) is 4.84 Å². The van der Waals surface area contributed by atoms with Gasteiger partial charge in [-0.25, -0.2) is 5.48 Å². The lowest BCUT2D eigenvalue weighted by atomic mass is 10.1.